The highest BCUT2D eigenvalue weighted by Crippen LogP contribution is 2.25. The number of nitrogens with zero attached hydrogens (tertiary/aromatic N) is 1. The van der Waals surface area contributed by atoms with Gasteiger partial charge in [-0.1, -0.05) is 22.0 Å². The minimum atomic E-state index is 0.740. The maximum atomic E-state index is 5.76. The SMILES string of the molecule is Cc1cc(-c2nc3ccc(N)cc3[nH]2)ccc1Br. The Labute approximate surface area is 113 Å². The number of hydrogen-bond acceptors (Lipinski definition) is 2. The number of aromatic amines is 1. The maximum absolute atomic E-state index is 5.76. The van der Waals surface area contributed by atoms with Crippen molar-refractivity contribution < 1.29 is 0 Å². The van der Waals surface area contributed by atoms with E-state index in [0.717, 1.165) is 32.6 Å². The van der Waals surface area contributed by atoms with Gasteiger partial charge in [-0.05, 0) is 42.8 Å². The Balaban J connectivity index is 2.16. The molecule has 0 amide bonds. The van der Waals surface area contributed by atoms with E-state index in [-0.39, 0.29) is 0 Å². The molecule has 0 saturated carbocycles. The van der Waals surface area contributed by atoms with Crippen LogP contribution in [0, 0.1) is 6.92 Å². The standard InChI is InChI=1S/C14H12BrN3/c1-8-6-9(2-4-11(8)15)14-17-12-5-3-10(16)7-13(12)18-14/h2-7H,16H2,1H3,(H,17,18). The summed E-state index contributed by atoms with van der Waals surface area (Å²) in [5, 5.41) is 0. The molecule has 3 N–H and O–H groups in total. The maximum Gasteiger partial charge on any atom is 0.138 e. The summed E-state index contributed by atoms with van der Waals surface area (Å²) in [6, 6.07) is 11.9. The van der Waals surface area contributed by atoms with E-state index in [1.54, 1.807) is 0 Å². The van der Waals surface area contributed by atoms with Crippen molar-refractivity contribution in [1.29, 1.82) is 0 Å². The molecule has 0 spiro atoms. The van der Waals surface area contributed by atoms with Gasteiger partial charge in [0.2, 0.25) is 0 Å². The van der Waals surface area contributed by atoms with Gasteiger partial charge in [0.05, 0.1) is 11.0 Å². The summed E-state index contributed by atoms with van der Waals surface area (Å²) in [5.41, 5.74) is 10.7. The Morgan fingerprint density at radius 2 is 2.00 bits per heavy atom. The average molecular weight is 302 g/mol. The molecule has 0 radical (unpaired) electrons. The number of nitrogen functional groups attached to an aromatic ring is 1. The van der Waals surface area contributed by atoms with Gasteiger partial charge in [0.15, 0.2) is 0 Å². The van der Waals surface area contributed by atoms with Gasteiger partial charge in [-0.2, -0.15) is 0 Å². The fraction of sp³-hybridized carbons (Fsp3) is 0.0714. The average Bonchev–Trinajstić information content (AvgIpc) is 2.75. The molecule has 0 atom stereocenters. The molecule has 0 aliphatic carbocycles. The van der Waals surface area contributed by atoms with E-state index < -0.39 is 0 Å². The molecule has 0 bridgehead atoms. The van der Waals surface area contributed by atoms with E-state index in [2.05, 4.69) is 38.9 Å². The van der Waals surface area contributed by atoms with Gasteiger partial charge in [0.1, 0.15) is 5.82 Å². The van der Waals surface area contributed by atoms with Gasteiger partial charge in [-0.25, -0.2) is 4.98 Å². The quantitative estimate of drug-likeness (QED) is 0.670. The Bertz CT molecular complexity index is 731. The van der Waals surface area contributed by atoms with Crippen LogP contribution in [0.15, 0.2) is 40.9 Å². The smallest absolute Gasteiger partial charge is 0.138 e. The lowest BCUT2D eigenvalue weighted by atomic mass is 10.1. The molecule has 4 heteroatoms. The molecule has 0 unspecified atom stereocenters. The number of nitrogens with two attached hydrogens (primary N) is 1. The monoisotopic (exact) mass is 301 g/mol. The number of imidazole rings is 1. The van der Waals surface area contributed by atoms with E-state index in [1.807, 2.05) is 30.3 Å². The molecule has 0 saturated heterocycles. The molecule has 1 heterocycles. The molecule has 0 aliphatic heterocycles. The first-order chi connectivity index (χ1) is 8.63. The molecule has 3 aromatic rings. The molecule has 0 aliphatic rings. The van der Waals surface area contributed by atoms with Crippen molar-refractivity contribution in [2.45, 2.75) is 6.92 Å². The van der Waals surface area contributed by atoms with Crippen LogP contribution in [0.4, 0.5) is 5.69 Å². The first-order valence-electron chi connectivity index (χ1n) is 5.65. The third-order valence-corrected chi connectivity index (χ3v) is 3.83. The third-order valence-electron chi connectivity index (χ3n) is 2.94. The van der Waals surface area contributed by atoms with E-state index in [4.69, 9.17) is 5.73 Å². The predicted octanol–water partition coefficient (Wildman–Crippen LogP) is 3.88. The zero-order chi connectivity index (χ0) is 12.7. The topological polar surface area (TPSA) is 54.7 Å². The molecular weight excluding hydrogens is 290 g/mol. The van der Waals surface area contributed by atoms with Gasteiger partial charge in [-0.15, -0.1) is 0 Å². The number of aromatic nitrogens is 2. The minimum absolute atomic E-state index is 0.740. The van der Waals surface area contributed by atoms with Crippen LogP contribution in [0.5, 0.6) is 0 Å². The number of benzene rings is 2. The summed E-state index contributed by atoms with van der Waals surface area (Å²) in [6.45, 7) is 2.06. The van der Waals surface area contributed by atoms with Gasteiger partial charge in [-0.3, -0.25) is 0 Å². The summed E-state index contributed by atoms with van der Waals surface area (Å²) in [7, 11) is 0. The number of hydrogen-bond donors (Lipinski definition) is 2. The fourth-order valence-electron chi connectivity index (χ4n) is 1.96. The van der Waals surface area contributed by atoms with Crippen LogP contribution in [-0.2, 0) is 0 Å². The van der Waals surface area contributed by atoms with Crippen molar-refractivity contribution in [1.82, 2.24) is 9.97 Å². The van der Waals surface area contributed by atoms with E-state index in [9.17, 15) is 0 Å². The zero-order valence-electron chi connectivity index (χ0n) is 9.87. The number of aryl methyl sites for hydroxylation is 1. The van der Waals surface area contributed by atoms with Gasteiger partial charge >= 0.3 is 0 Å². The summed E-state index contributed by atoms with van der Waals surface area (Å²) in [5.74, 6) is 0.867. The number of fused-ring (bicyclic) bond motifs is 1. The van der Waals surface area contributed by atoms with Crippen molar-refractivity contribution in [3.63, 3.8) is 0 Å². The zero-order valence-corrected chi connectivity index (χ0v) is 11.5. The van der Waals surface area contributed by atoms with Crippen LogP contribution in [0.3, 0.4) is 0 Å². The molecular formula is C14H12BrN3. The van der Waals surface area contributed by atoms with E-state index in [0.29, 0.717) is 0 Å². The van der Waals surface area contributed by atoms with Crippen LogP contribution in [0.1, 0.15) is 5.56 Å². The summed E-state index contributed by atoms with van der Waals surface area (Å²) >= 11 is 3.50. The van der Waals surface area contributed by atoms with E-state index >= 15 is 0 Å². The lowest BCUT2D eigenvalue weighted by Gasteiger charge is -2.00. The van der Waals surface area contributed by atoms with Crippen LogP contribution in [0.25, 0.3) is 22.4 Å². The number of nitrogens with one attached hydrogen (secondary N) is 1. The Morgan fingerprint density at radius 1 is 1.17 bits per heavy atom. The van der Waals surface area contributed by atoms with E-state index in [1.165, 1.54) is 5.56 Å². The van der Waals surface area contributed by atoms with Crippen molar-refractivity contribution in [2.24, 2.45) is 0 Å². The van der Waals surface area contributed by atoms with Gasteiger partial charge < -0.3 is 10.7 Å². The summed E-state index contributed by atoms with van der Waals surface area (Å²) in [6.07, 6.45) is 0. The minimum Gasteiger partial charge on any atom is -0.399 e. The second kappa shape index (κ2) is 4.14. The number of halogens is 1. The lowest BCUT2D eigenvalue weighted by Crippen LogP contribution is -1.83. The molecule has 18 heavy (non-hydrogen) atoms. The number of anilines is 1. The van der Waals surface area contributed by atoms with Crippen LogP contribution in [-0.4, -0.2) is 9.97 Å². The van der Waals surface area contributed by atoms with Gasteiger partial charge in [0.25, 0.3) is 0 Å². The number of rotatable bonds is 1. The van der Waals surface area contributed by atoms with Gasteiger partial charge in [0, 0.05) is 15.7 Å². The normalized spacial score (nSPS) is 11.0. The first-order valence-corrected chi connectivity index (χ1v) is 6.44. The van der Waals surface area contributed by atoms with Crippen LogP contribution >= 0.6 is 15.9 Å². The predicted molar refractivity (Wildman–Crippen MR) is 78.4 cm³/mol. The third kappa shape index (κ3) is 1.88. The molecule has 3 nitrogen and oxygen atoms in total. The van der Waals surface area contributed by atoms with Crippen molar-refractivity contribution in [2.75, 3.05) is 5.73 Å². The Hall–Kier alpha value is -1.81. The lowest BCUT2D eigenvalue weighted by molar-refractivity contribution is 1.32. The van der Waals surface area contributed by atoms with Crippen LogP contribution < -0.4 is 5.73 Å². The molecule has 90 valence electrons. The van der Waals surface area contributed by atoms with Crippen molar-refractivity contribution in [3.8, 4) is 11.4 Å². The molecule has 1 aromatic heterocycles. The first kappa shape index (κ1) is 11.3. The second-order valence-electron chi connectivity index (χ2n) is 4.33. The highest BCUT2D eigenvalue weighted by atomic mass is 79.9. The Kier molecular flexibility index (Phi) is 2.59. The molecule has 3 rings (SSSR count). The van der Waals surface area contributed by atoms with Crippen LogP contribution in [0.2, 0.25) is 0 Å². The van der Waals surface area contributed by atoms with Crippen molar-refractivity contribution in [3.05, 3.63) is 46.4 Å². The number of H-pyrrole nitrogens is 1. The van der Waals surface area contributed by atoms with Crippen molar-refractivity contribution >= 4 is 32.7 Å². The highest BCUT2D eigenvalue weighted by molar-refractivity contribution is 9.10. The fourth-order valence-corrected chi connectivity index (χ4v) is 2.20. The second-order valence-corrected chi connectivity index (χ2v) is 5.18. The largest absolute Gasteiger partial charge is 0.399 e. The molecule has 2 aromatic carbocycles. The highest BCUT2D eigenvalue weighted by Gasteiger charge is 2.06. The summed E-state index contributed by atoms with van der Waals surface area (Å²) < 4.78 is 1.10. The molecule has 0 fully saturated rings. The Morgan fingerprint density at radius 3 is 2.78 bits per heavy atom. The summed E-state index contributed by atoms with van der Waals surface area (Å²) in [4.78, 5) is 7.86.